The average Bonchev–Trinajstić information content (AvgIpc) is 2.67. The first-order chi connectivity index (χ1) is 13.0. The van der Waals surface area contributed by atoms with Gasteiger partial charge in [0.05, 0.1) is 6.04 Å². The summed E-state index contributed by atoms with van der Waals surface area (Å²) in [6.07, 6.45) is 4.85. The van der Waals surface area contributed by atoms with Crippen molar-refractivity contribution >= 4 is 47.6 Å². The Bertz CT molecular complexity index is 610. The zero-order valence-electron chi connectivity index (χ0n) is 17.5. The van der Waals surface area contributed by atoms with Gasteiger partial charge in [-0.25, -0.2) is 4.99 Å². The van der Waals surface area contributed by atoms with Crippen molar-refractivity contribution in [2.45, 2.75) is 56.9 Å². The van der Waals surface area contributed by atoms with E-state index in [9.17, 15) is 4.79 Å². The molecular weight excluding hydrogens is 483 g/mol. The molecule has 5 nitrogen and oxygen atoms in total. The highest BCUT2D eigenvalue weighted by Crippen LogP contribution is 2.28. The van der Waals surface area contributed by atoms with Crippen LogP contribution in [-0.2, 0) is 4.79 Å². The lowest BCUT2D eigenvalue weighted by Gasteiger charge is -2.31. The second-order valence-electron chi connectivity index (χ2n) is 7.31. The van der Waals surface area contributed by atoms with E-state index in [-0.39, 0.29) is 42.5 Å². The number of guanidine groups is 1. The minimum Gasteiger partial charge on any atom is -0.354 e. The highest BCUT2D eigenvalue weighted by molar-refractivity contribution is 14.0. The van der Waals surface area contributed by atoms with Crippen molar-refractivity contribution in [2.24, 2.45) is 4.99 Å². The fourth-order valence-electron chi connectivity index (χ4n) is 3.31. The minimum absolute atomic E-state index is 0. The number of amides is 1. The molecule has 0 bridgehead atoms. The summed E-state index contributed by atoms with van der Waals surface area (Å²) in [6, 6.07) is 10.8. The van der Waals surface area contributed by atoms with Crippen LogP contribution in [0.1, 0.15) is 51.1 Å². The van der Waals surface area contributed by atoms with Crippen molar-refractivity contribution in [2.75, 3.05) is 26.4 Å². The number of benzene rings is 1. The van der Waals surface area contributed by atoms with Gasteiger partial charge in [-0.15, -0.1) is 24.0 Å². The minimum atomic E-state index is 0. The lowest BCUT2D eigenvalue weighted by atomic mass is 9.95. The van der Waals surface area contributed by atoms with Crippen LogP contribution >= 0.6 is 35.7 Å². The summed E-state index contributed by atoms with van der Waals surface area (Å²) in [7, 11) is 3.53. The van der Waals surface area contributed by atoms with E-state index in [1.807, 2.05) is 18.2 Å². The van der Waals surface area contributed by atoms with Crippen LogP contribution < -0.4 is 10.6 Å². The van der Waals surface area contributed by atoms with Crippen molar-refractivity contribution < 1.29 is 4.79 Å². The Morgan fingerprint density at radius 2 is 2.00 bits per heavy atom. The molecule has 1 saturated carbocycles. The molecule has 1 aromatic carbocycles. The Hall–Kier alpha value is -0.960. The number of carbonyl (C=O) groups excluding carboxylic acids is 1. The zero-order chi connectivity index (χ0) is 19.6. The largest absolute Gasteiger partial charge is 0.354 e. The van der Waals surface area contributed by atoms with Gasteiger partial charge in [0.25, 0.3) is 0 Å². The van der Waals surface area contributed by atoms with Gasteiger partial charge in [-0.2, -0.15) is 11.8 Å². The van der Waals surface area contributed by atoms with Crippen LogP contribution in [0.2, 0.25) is 0 Å². The molecule has 1 aliphatic carbocycles. The van der Waals surface area contributed by atoms with Crippen molar-refractivity contribution in [1.82, 2.24) is 15.5 Å². The van der Waals surface area contributed by atoms with Crippen LogP contribution in [0.25, 0.3) is 0 Å². The highest BCUT2D eigenvalue weighted by Gasteiger charge is 2.23. The molecule has 3 unspecified atom stereocenters. The molecular formula is C21H35IN4OS. The third-order valence-electron chi connectivity index (χ3n) is 4.89. The maximum Gasteiger partial charge on any atom is 0.243 e. The first-order valence-corrected chi connectivity index (χ1v) is 11.0. The SMILES string of the molecule is CCSC1CCCC(NC(=NCC(=O)N(C)C)NC(C)c2ccccc2)C1.I. The molecule has 0 aliphatic heterocycles. The van der Waals surface area contributed by atoms with E-state index in [0.717, 1.165) is 24.1 Å². The number of likely N-dealkylation sites (N-methyl/N-ethyl adjacent to an activating group) is 1. The predicted molar refractivity (Wildman–Crippen MR) is 132 cm³/mol. The first kappa shape index (κ1) is 25.1. The summed E-state index contributed by atoms with van der Waals surface area (Å²) in [4.78, 5) is 18.1. The summed E-state index contributed by atoms with van der Waals surface area (Å²) >= 11 is 2.05. The van der Waals surface area contributed by atoms with E-state index in [1.54, 1.807) is 19.0 Å². The first-order valence-electron chi connectivity index (χ1n) is 9.93. The van der Waals surface area contributed by atoms with Crippen LogP contribution in [0.3, 0.4) is 0 Å². The molecule has 0 aromatic heterocycles. The van der Waals surface area contributed by atoms with Crippen molar-refractivity contribution in [3.05, 3.63) is 35.9 Å². The van der Waals surface area contributed by atoms with Crippen LogP contribution in [0.4, 0.5) is 0 Å². The summed E-state index contributed by atoms with van der Waals surface area (Å²) in [6.45, 7) is 4.51. The number of halogens is 1. The summed E-state index contributed by atoms with van der Waals surface area (Å²) < 4.78 is 0. The highest BCUT2D eigenvalue weighted by atomic mass is 127. The number of carbonyl (C=O) groups is 1. The number of nitrogens with one attached hydrogen (secondary N) is 2. The van der Waals surface area contributed by atoms with E-state index < -0.39 is 0 Å². The molecule has 2 N–H and O–H groups in total. The van der Waals surface area contributed by atoms with Gasteiger partial charge in [0, 0.05) is 25.4 Å². The van der Waals surface area contributed by atoms with E-state index >= 15 is 0 Å². The van der Waals surface area contributed by atoms with Gasteiger partial charge in [0.15, 0.2) is 5.96 Å². The average molecular weight is 519 g/mol. The molecule has 158 valence electrons. The molecule has 1 amide bonds. The lowest BCUT2D eigenvalue weighted by Crippen LogP contribution is -2.47. The number of thioether (sulfide) groups is 1. The summed E-state index contributed by atoms with van der Waals surface area (Å²) in [5.74, 6) is 1.90. The van der Waals surface area contributed by atoms with E-state index in [0.29, 0.717) is 6.04 Å². The molecule has 7 heteroatoms. The molecule has 0 radical (unpaired) electrons. The molecule has 0 spiro atoms. The molecule has 1 aliphatic rings. The smallest absolute Gasteiger partial charge is 0.243 e. The van der Waals surface area contributed by atoms with E-state index in [2.05, 4.69) is 53.4 Å². The van der Waals surface area contributed by atoms with Gasteiger partial charge in [-0.3, -0.25) is 4.79 Å². The van der Waals surface area contributed by atoms with Gasteiger partial charge in [-0.05, 0) is 37.5 Å². The van der Waals surface area contributed by atoms with Crippen molar-refractivity contribution in [3.8, 4) is 0 Å². The number of aliphatic imine (C=N–C) groups is 1. The molecule has 0 saturated heterocycles. The molecule has 0 heterocycles. The second-order valence-corrected chi connectivity index (χ2v) is 8.89. The molecule has 2 rings (SSSR count). The van der Waals surface area contributed by atoms with Gasteiger partial charge < -0.3 is 15.5 Å². The maximum absolute atomic E-state index is 12.0. The van der Waals surface area contributed by atoms with Crippen LogP contribution in [0.15, 0.2) is 35.3 Å². The van der Waals surface area contributed by atoms with Crippen LogP contribution in [0.5, 0.6) is 0 Å². The monoisotopic (exact) mass is 518 g/mol. The van der Waals surface area contributed by atoms with E-state index in [4.69, 9.17) is 0 Å². The van der Waals surface area contributed by atoms with Crippen LogP contribution in [0, 0.1) is 0 Å². The lowest BCUT2D eigenvalue weighted by molar-refractivity contribution is -0.127. The van der Waals surface area contributed by atoms with Crippen molar-refractivity contribution in [3.63, 3.8) is 0 Å². The van der Waals surface area contributed by atoms with Crippen molar-refractivity contribution in [1.29, 1.82) is 0 Å². The molecule has 1 aromatic rings. The second kappa shape index (κ2) is 13.3. The predicted octanol–water partition coefficient (Wildman–Crippen LogP) is 4.05. The Labute approximate surface area is 191 Å². The number of hydrogen-bond donors (Lipinski definition) is 2. The summed E-state index contributed by atoms with van der Waals surface area (Å²) in [5.41, 5.74) is 1.20. The van der Waals surface area contributed by atoms with Gasteiger partial charge >= 0.3 is 0 Å². The Morgan fingerprint density at radius 1 is 1.29 bits per heavy atom. The third-order valence-corrected chi connectivity index (χ3v) is 6.13. The normalized spacial score (nSPS) is 20.6. The number of hydrogen-bond acceptors (Lipinski definition) is 3. The topological polar surface area (TPSA) is 56.7 Å². The fourth-order valence-corrected chi connectivity index (χ4v) is 4.48. The van der Waals surface area contributed by atoms with Crippen LogP contribution in [-0.4, -0.2) is 54.5 Å². The maximum atomic E-state index is 12.0. The van der Waals surface area contributed by atoms with Gasteiger partial charge in [-0.1, -0.05) is 43.7 Å². The zero-order valence-corrected chi connectivity index (χ0v) is 20.6. The Morgan fingerprint density at radius 3 is 2.64 bits per heavy atom. The number of rotatable bonds is 7. The Kier molecular flexibility index (Phi) is 11.9. The standard InChI is InChI=1S/C21H34N4OS.HI/c1-5-27-19-13-9-12-18(14-19)24-21(22-15-20(26)25(3)4)23-16(2)17-10-7-6-8-11-17;/h6-8,10-11,16,18-19H,5,9,12-15H2,1-4H3,(H2,22,23,24);1H. The molecule has 1 fully saturated rings. The van der Waals surface area contributed by atoms with Gasteiger partial charge in [0.1, 0.15) is 6.54 Å². The van der Waals surface area contributed by atoms with E-state index in [1.165, 1.54) is 24.2 Å². The molecule has 28 heavy (non-hydrogen) atoms. The quantitative estimate of drug-likeness (QED) is 0.325. The Balaban J connectivity index is 0.00000392. The summed E-state index contributed by atoms with van der Waals surface area (Å²) in [5, 5.41) is 7.80. The number of nitrogens with zero attached hydrogens (tertiary/aromatic N) is 2. The third kappa shape index (κ3) is 8.59. The fraction of sp³-hybridized carbons (Fsp3) is 0.619. The van der Waals surface area contributed by atoms with Gasteiger partial charge in [0.2, 0.25) is 5.91 Å². The molecule has 3 atom stereocenters.